The lowest BCUT2D eigenvalue weighted by Gasteiger charge is -2.21. The van der Waals surface area contributed by atoms with Gasteiger partial charge in [0.1, 0.15) is 5.82 Å². The van der Waals surface area contributed by atoms with Gasteiger partial charge in [-0.2, -0.15) is 0 Å². The smallest absolute Gasteiger partial charge is 0.253 e. The number of hydrogen-bond acceptors (Lipinski definition) is 5. The van der Waals surface area contributed by atoms with Crippen LogP contribution in [0.3, 0.4) is 0 Å². The zero-order valence-electron chi connectivity index (χ0n) is 16.4. The maximum absolute atomic E-state index is 12.0. The number of rotatable bonds is 7. The van der Waals surface area contributed by atoms with Gasteiger partial charge in [0.2, 0.25) is 0 Å². The van der Waals surface area contributed by atoms with Crippen LogP contribution in [0.5, 0.6) is 0 Å². The minimum Gasteiger partial charge on any atom is -0.359 e. The first-order chi connectivity index (χ1) is 14.4. The van der Waals surface area contributed by atoms with E-state index in [2.05, 4.69) is 21.5 Å². The van der Waals surface area contributed by atoms with Gasteiger partial charge in [-0.15, -0.1) is 6.42 Å². The number of carbonyl (C=O) groups excluding carboxylic acids is 1. The number of aromatic nitrogens is 1. The molecule has 0 aliphatic rings. The van der Waals surface area contributed by atoms with Crippen LogP contribution in [0.25, 0.3) is 0 Å². The third-order valence-corrected chi connectivity index (χ3v) is 5.53. The van der Waals surface area contributed by atoms with Crippen LogP contribution in [0.4, 0.5) is 5.82 Å². The molecule has 0 fully saturated rings. The van der Waals surface area contributed by atoms with Crippen LogP contribution in [0.15, 0.2) is 77.8 Å². The molecule has 1 aromatic heterocycles. The van der Waals surface area contributed by atoms with E-state index in [1.807, 2.05) is 36.4 Å². The average molecular weight is 420 g/mol. The largest absolute Gasteiger partial charge is 0.359 e. The zero-order chi connectivity index (χ0) is 21.6. The lowest BCUT2D eigenvalue weighted by atomic mass is 9.98. The molecule has 0 aliphatic carbocycles. The van der Waals surface area contributed by atoms with E-state index in [0.29, 0.717) is 11.4 Å². The summed E-state index contributed by atoms with van der Waals surface area (Å²) in [5.41, 5.74) is 2.12. The van der Waals surface area contributed by atoms with E-state index in [4.69, 9.17) is 6.42 Å². The maximum Gasteiger partial charge on any atom is 0.253 e. The Hall–Kier alpha value is -3.63. The quantitative estimate of drug-likeness (QED) is 0.575. The van der Waals surface area contributed by atoms with Crippen molar-refractivity contribution < 1.29 is 13.2 Å². The number of carbonyl (C=O) groups is 1. The Bertz CT molecular complexity index is 1170. The zero-order valence-corrected chi connectivity index (χ0v) is 17.2. The number of hydrogen-bond donors (Lipinski definition) is 2. The third-order valence-electron chi connectivity index (χ3n) is 4.42. The van der Waals surface area contributed by atoms with E-state index in [0.717, 1.165) is 11.1 Å². The number of amides is 1. The molecule has 0 radical (unpaired) electrons. The van der Waals surface area contributed by atoms with Gasteiger partial charge in [-0.1, -0.05) is 48.4 Å². The van der Waals surface area contributed by atoms with Crippen molar-refractivity contribution in [2.45, 2.75) is 10.9 Å². The molecule has 0 bridgehead atoms. The van der Waals surface area contributed by atoms with Crippen LogP contribution in [-0.4, -0.2) is 32.1 Å². The summed E-state index contributed by atoms with van der Waals surface area (Å²) in [4.78, 5) is 16.6. The summed E-state index contributed by atoms with van der Waals surface area (Å²) in [6, 6.07) is 19.5. The molecule has 0 spiro atoms. The summed E-state index contributed by atoms with van der Waals surface area (Å²) >= 11 is 0. The number of sulfone groups is 1. The Morgan fingerprint density at radius 3 is 2.43 bits per heavy atom. The van der Waals surface area contributed by atoms with E-state index in [1.54, 1.807) is 30.3 Å². The summed E-state index contributed by atoms with van der Waals surface area (Å²) in [7, 11) is -3.34. The minimum absolute atomic E-state index is 0.144. The van der Waals surface area contributed by atoms with Crippen molar-refractivity contribution in [1.29, 1.82) is 0 Å². The van der Waals surface area contributed by atoms with Gasteiger partial charge in [-0.05, 0) is 35.4 Å². The van der Waals surface area contributed by atoms with Crippen molar-refractivity contribution in [2.75, 3.05) is 18.1 Å². The summed E-state index contributed by atoms with van der Waals surface area (Å²) in [5, 5.41) is 5.92. The lowest BCUT2D eigenvalue weighted by molar-refractivity contribution is 0.0958. The number of benzene rings is 2. The summed E-state index contributed by atoms with van der Waals surface area (Å²) in [6.07, 6.45) is 7.80. The van der Waals surface area contributed by atoms with Crippen molar-refractivity contribution in [3.63, 3.8) is 0 Å². The van der Waals surface area contributed by atoms with Crippen molar-refractivity contribution in [2.24, 2.45) is 0 Å². The Kier molecular flexibility index (Phi) is 6.50. The highest BCUT2D eigenvalue weighted by Crippen LogP contribution is 2.27. The lowest BCUT2D eigenvalue weighted by Crippen LogP contribution is -2.23. The molecule has 0 aliphatic heterocycles. The molecule has 1 heterocycles. The molecule has 3 aromatic rings. The van der Waals surface area contributed by atoms with E-state index in [-0.39, 0.29) is 23.4 Å². The van der Waals surface area contributed by atoms with Gasteiger partial charge in [0.25, 0.3) is 5.91 Å². The number of anilines is 1. The molecular weight excluding hydrogens is 398 g/mol. The molecule has 2 aromatic carbocycles. The molecule has 1 atom stereocenters. The highest BCUT2D eigenvalue weighted by Gasteiger charge is 2.17. The Labute approximate surface area is 176 Å². The highest BCUT2D eigenvalue weighted by atomic mass is 32.2. The molecule has 0 saturated heterocycles. The molecular formula is C23H21N3O3S. The maximum atomic E-state index is 12.0. The number of terminal acetylenes is 1. The standard InChI is InChI=1S/C23H21N3O3S/c1-3-14-24-23(27)19-12-13-21(25-16-19)26-22(17-8-5-4-6-9-17)18-10-7-11-20(15-18)30(2,28)29/h1,4-13,15-16,22H,14H2,2H3,(H,24,27)(H,25,26). The van der Waals surface area contributed by atoms with Crippen LogP contribution >= 0.6 is 0 Å². The van der Waals surface area contributed by atoms with Gasteiger partial charge in [0.15, 0.2) is 9.84 Å². The molecule has 30 heavy (non-hydrogen) atoms. The van der Waals surface area contributed by atoms with Gasteiger partial charge in [-0.3, -0.25) is 4.79 Å². The fourth-order valence-electron chi connectivity index (χ4n) is 2.92. The SMILES string of the molecule is C#CCNC(=O)c1ccc(NC(c2ccccc2)c2cccc(S(C)(=O)=O)c2)nc1. The Balaban J connectivity index is 1.92. The molecule has 7 heteroatoms. The molecule has 6 nitrogen and oxygen atoms in total. The minimum atomic E-state index is -3.34. The second-order valence-electron chi connectivity index (χ2n) is 6.65. The van der Waals surface area contributed by atoms with E-state index in [1.165, 1.54) is 12.5 Å². The predicted octanol–water partition coefficient (Wildman–Crippen LogP) is 3.05. The van der Waals surface area contributed by atoms with Crippen LogP contribution in [-0.2, 0) is 9.84 Å². The second-order valence-corrected chi connectivity index (χ2v) is 8.67. The summed E-state index contributed by atoms with van der Waals surface area (Å²) in [6.45, 7) is 0.144. The van der Waals surface area contributed by atoms with E-state index >= 15 is 0 Å². The number of pyridine rings is 1. The van der Waals surface area contributed by atoms with Crippen molar-refractivity contribution in [3.8, 4) is 12.3 Å². The first kappa shape index (κ1) is 21.1. The molecule has 1 amide bonds. The van der Waals surface area contributed by atoms with Gasteiger partial charge < -0.3 is 10.6 Å². The topological polar surface area (TPSA) is 88.2 Å². The van der Waals surface area contributed by atoms with Gasteiger partial charge in [0.05, 0.1) is 23.0 Å². The predicted molar refractivity (Wildman–Crippen MR) is 117 cm³/mol. The van der Waals surface area contributed by atoms with Crippen LogP contribution in [0.2, 0.25) is 0 Å². The second kappa shape index (κ2) is 9.25. The van der Waals surface area contributed by atoms with Gasteiger partial charge in [-0.25, -0.2) is 13.4 Å². The molecule has 152 valence electrons. The fraction of sp³-hybridized carbons (Fsp3) is 0.130. The van der Waals surface area contributed by atoms with Crippen LogP contribution < -0.4 is 10.6 Å². The number of nitrogens with one attached hydrogen (secondary N) is 2. The summed E-state index contributed by atoms with van der Waals surface area (Å²) < 4.78 is 24.0. The first-order valence-electron chi connectivity index (χ1n) is 9.17. The third kappa shape index (κ3) is 5.25. The average Bonchev–Trinajstić information content (AvgIpc) is 2.76. The van der Waals surface area contributed by atoms with Crippen molar-refractivity contribution in [1.82, 2.24) is 10.3 Å². The first-order valence-corrected chi connectivity index (χ1v) is 11.1. The van der Waals surface area contributed by atoms with Crippen molar-refractivity contribution in [3.05, 3.63) is 89.6 Å². The van der Waals surface area contributed by atoms with Gasteiger partial charge in [0, 0.05) is 12.5 Å². The van der Waals surface area contributed by atoms with Crippen molar-refractivity contribution >= 4 is 21.6 Å². The molecule has 3 rings (SSSR count). The Morgan fingerprint density at radius 1 is 1.07 bits per heavy atom. The molecule has 2 N–H and O–H groups in total. The van der Waals surface area contributed by atoms with Gasteiger partial charge >= 0.3 is 0 Å². The van der Waals surface area contributed by atoms with Crippen LogP contribution in [0.1, 0.15) is 27.5 Å². The highest BCUT2D eigenvalue weighted by molar-refractivity contribution is 7.90. The summed E-state index contributed by atoms with van der Waals surface area (Å²) in [5.74, 6) is 2.59. The molecule has 1 unspecified atom stereocenters. The fourth-order valence-corrected chi connectivity index (χ4v) is 3.60. The van der Waals surface area contributed by atoms with E-state index in [9.17, 15) is 13.2 Å². The Morgan fingerprint density at radius 2 is 1.80 bits per heavy atom. The normalized spacial score (nSPS) is 11.9. The van der Waals surface area contributed by atoms with E-state index < -0.39 is 9.84 Å². The molecule has 0 saturated carbocycles. The monoisotopic (exact) mass is 419 g/mol. The van der Waals surface area contributed by atoms with Crippen LogP contribution in [0, 0.1) is 12.3 Å². The number of nitrogens with zero attached hydrogens (tertiary/aromatic N) is 1.